The Morgan fingerprint density at radius 1 is 1.19 bits per heavy atom. The molecule has 0 unspecified atom stereocenters. The van der Waals surface area contributed by atoms with E-state index in [0.717, 1.165) is 37.1 Å². The van der Waals surface area contributed by atoms with Gasteiger partial charge >= 0.3 is 6.03 Å². The lowest BCUT2D eigenvalue weighted by molar-refractivity contribution is 0.241. The summed E-state index contributed by atoms with van der Waals surface area (Å²) in [5.74, 6) is 0. The lowest BCUT2D eigenvalue weighted by Crippen LogP contribution is -2.37. The summed E-state index contributed by atoms with van der Waals surface area (Å²) in [6, 6.07) is 9.87. The molecule has 1 aromatic heterocycles. The predicted octanol–water partition coefficient (Wildman–Crippen LogP) is 2.51. The van der Waals surface area contributed by atoms with Crippen molar-refractivity contribution in [1.29, 1.82) is 0 Å². The fourth-order valence-electron chi connectivity index (χ4n) is 1.97. The van der Waals surface area contributed by atoms with Crippen LogP contribution in [0.4, 0.5) is 4.79 Å². The van der Waals surface area contributed by atoms with Gasteiger partial charge in [-0.3, -0.25) is 0 Å². The molecule has 0 spiro atoms. The second-order valence-corrected chi connectivity index (χ2v) is 4.91. The van der Waals surface area contributed by atoms with Crippen LogP contribution in [0.2, 0.25) is 0 Å². The number of hydrogen-bond acceptors (Lipinski definition) is 2. The van der Waals surface area contributed by atoms with Crippen LogP contribution >= 0.6 is 0 Å². The van der Waals surface area contributed by atoms with Gasteiger partial charge in [-0.05, 0) is 30.5 Å². The number of amides is 2. The number of nitrogens with zero attached hydrogens (tertiary/aromatic N) is 2. The third-order valence-electron chi connectivity index (χ3n) is 3.17. The maximum absolute atomic E-state index is 11.5. The van der Waals surface area contributed by atoms with E-state index in [1.165, 1.54) is 0 Å². The van der Waals surface area contributed by atoms with Crippen molar-refractivity contribution in [3.05, 3.63) is 48.3 Å². The Kier molecular flexibility index (Phi) is 5.82. The van der Waals surface area contributed by atoms with Gasteiger partial charge in [0, 0.05) is 19.3 Å². The van der Waals surface area contributed by atoms with Crippen LogP contribution in [0.3, 0.4) is 0 Å². The van der Waals surface area contributed by atoms with Crippen LogP contribution in [0.5, 0.6) is 0 Å². The first kappa shape index (κ1) is 15.1. The van der Waals surface area contributed by atoms with Gasteiger partial charge in [-0.25, -0.2) is 9.48 Å². The zero-order valence-electron chi connectivity index (χ0n) is 12.4. The Morgan fingerprint density at radius 3 is 2.71 bits per heavy atom. The second-order valence-electron chi connectivity index (χ2n) is 4.91. The van der Waals surface area contributed by atoms with Crippen LogP contribution < -0.4 is 10.6 Å². The molecule has 0 bridgehead atoms. The number of nitrogens with one attached hydrogen (secondary N) is 2. The van der Waals surface area contributed by atoms with Gasteiger partial charge in [0.2, 0.25) is 0 Å². The fourth-order valence-corrected chi connectivity index (χ4v) is 1.97. The van der Waals surface area contributed by atoms with Crippen LogP contribution in [0.15, 0.2) is 42.7 Å². The monoisotopic (exact) mass is 286 g/mol. The van der Waals surface area contributed by atoms with E-state index in [2.05, 4.69) is 22.7 Å². The summed E-state index contributed by atoms with van der Waals surface area (Å²) in [7, 11) is 0. The van der Waals surface area contributed by atoms with E-state index in [0.29, 0.717) is 6.54 Å². The van der Waals surface area contributed by atoms with Crippen molar-refractivity contribution in [1.82, 2.24) is 20.4 Å². The molecule has 0 atom stereocenters. The van der Waals surface area contributed by atoms with Crippen LogP contribution in [-0.4, -0.2) is 28.9 Å². The van der Waals surface area contributed by atoms with Crippen molar-refractivity contribution in [2.75, 3.05) is 13.1 Å². The van der Waals surface area contributed by atoms with E-state index in [4.69, 9.17) is 0 Å². The molecule has 112 valence electrons. The number of hydrogen-bond donors (Lipinski definition) is 2. The van der Waals surface area contributed by atoms with E-state index >= 15 is 0 Å². The summed E-state index contributed by atoms with van der Waals surface area (Å²) in [5.41, 5.74) is 2.14. The molecular weight excluding hydrogens is 264 g/mol. The highest BCUT2D eigenvalue weighted by atomic mass is 16.2. The predicted molar refractivity (Wildman–Crippen MR) is 83.6 cm³/mol. The van der Waals surface area contributed by atoms with E-state index < -0.39 is 0 Å². The minimum absolute atomic E-state index is 0.0982. The molecule has 2 amide bonds. The fraction of sp³-hybridized carbons (Fsp3) is 0.375. The Labute approximate surface area is 125 Å². The maximum Gasteiger partial charge on any atom is 0.314 e. The number of benzene rings is 1. The number of carbonyl (C=O) groups excluding carboxylic acids is 1. The summed E-state index contributed by atoms with van der Waals surface area (Å²) in [4.78, 5) is 11.5. The van der Waals surface area contributed by atoms with Crippen LogP contribution in [0.1, 0.15) is 25.3 Å². The van der Waals surface area contributed by atoms with Gasteiger partial charge in [0.15, 0.2) is 0 Å². The van der Waals surface area contributed by atoms with Gasteiger partial charge in [-0.15, -0.1) is 0 Å². The number of urea groups is 1. The van der Waals surface area contributed by atoms with Crippen molar-refractivity contribution in [2.45, 2.75) is 26.2 Å². The van der Waals surface area contributed by atoms with Crippen LogP contribution in [0, 0.1) is 0 Å². The van der Waals surface area contributed by atoms with Crippen molar-refractivity contribution in [3.63, 3.8) is 0 Å². The van der Waals surface area contributed by atoms with E-state index in [9.17, 15) is 4.79 Å². The number of rotatable bonds is 7. The van der Waals surface area contributed by atoms with Crippen molar-refractivity contribution in [3.8, 4) is 5.69 Å². The van der Waals surface area contributed by atoms with Gasteiger partial charge in [0.25, 0.3) is 0 Å². The average Bonchev–Trinajstić information content (AvgIpc) is 2.97. The van der Waals surface area contributed by atoms with Crippen LogP contribution in [0.25, 0.3) is 5.69 Å². The molecule has 5 heteroatoms. The molecule has 2 N–H and O–H groups in total. The largest absolute Gasteiger partial charge is 0.338 e. The minimum Gasteiger partial charge on any atom is -0.338 e. The smallest absolute Gasteiger partial charge is 0.314 e. The highest BCUT2D eigenvalue weighted by Crippen LogP contribution is 2.07. The first-order valence-corrected chi connectivity index (χ1v) is 7.40. The molecule has 0 saturated carbocycles. The zero-order valence-corrected chi connectivity index (χ0v) is 12.4. The van der Waals surface area contributed by atoms with Gasteiger partial charge in [0.1, 0.15) is 0 Å². The molecule has 0 aliphatic carbocycles. The van der Waals surface area contributed by atoms with Crippen molar-refractivity contribution in [2.24, 2.45) is 0 Å². The molecule has 21 heavy (non-hydrogen) atoms. The minimum atomic E-state index is -0.0982. The maximum atomic E-state index is 11.5. The molecule has 1 heterocycles. The zero-order chi connectivity index (χ0) is 14.9. The average molecular weight is 286 g/mol. The summed E-state index contributed by atoms with van der Waals surface area (Å²) in [6.07, 6.45) is 6.69. The summed E-state index contributed by atoms with van der Waals surface area (Å²) in [6.45, 7) is 3.44. The molecule has 2 rings (SSSR count). The molecule has 0 aliphatic heterocycles. The van der Waals surface area contributed by atoms with E-state index in [1.807, 2.05) is 47.4 Å². The molecule has 5 nitrogen and oxygen atoms in total. The Balaban J connectivity index is 1.75. The highest BCUT2D eigenvalue weighted by molar-refractivity contribution is 5.73. The van der Waals surface area contributed by atoms with Gasteiger partial charge in [-0.2, -0.15) is 5.10 Å². The number of unbranched alkanes of at least 4 members (excludes halogenated alkanes) is 1. The standard InChI is InChI=1S/C16H22N4O/c1-2-3-10-17-16(21)18-11-9-14-12-19-20(13-14)15-7-5-4-6-8-15/h4-8,12-13H,2-3,9-11H2,1H3,(H2,17,18,21). The van der Waals surface area contributed by atoms with Crippen molar-refractivity contribution >= 4 is 6.03 Å². The number of para-hydroxylation sites is 1. The van der Waals surface area contributed by atoms with Crippen LogP contribution in [-0.2, 0) is 6.42 Å². The lowest BCUT2D eigenvalue weighted by Gasteiger charge is -2.06. The van der Waals surface area contributed by atoms with Gasteiger partial charge < -0.3 is 10.6 Å². The summed E-state index contributed by atoms with van der Waals surface area (Å²) < 4.78 is 1.84. The van der Waals surface area contributed by atoms with Crippen molar-refractivity contribution < 1.29 is 4.79 Å². The molecule has 0 radical (unpaired) electrons. The number of carbonyl (C=O) groups is 1. The van der Waals surface area contributed by atoms with E-state index in [-0.39, 0.29) is 6.03 Å². The van der Waals surface area contributed by atoms with E-state index in [1.54, 1.807) is 0 Å². The summed E-state index contributed by atoms with van der Waals surface area (Å²) >= 11 is 0. The first-order chi connectivity index (χ1) is 10.3. The third kappa shape index (κ3) is 4.95. The molecular formula is C16H22N4O. The molecule has 0 saturated heterocycles. The molecule has 0 fully saturated rings. The quantitative estimate of drug-likeness (QED) is 0.768. The Morgan fingerprint density at radius 2 is 1.95 bits per heavy atom. The molecule has 0 aliphatic rings. The number of aromatic nitrogens is 2. The molecule has 2 aromatic rings. The lowest BCUT2D eigenvalue weighted by atomic mass is 10.2. The second kappa shape index (κ2) is 8.09. The van der Waals surface area contributed by atoms with Gasteiger partial charge in [0.05, 0.1) is 11.9 Å². The Hall–Kier alpha value is -2.30. The SMILES string of the molecule is CCCCNC(=O)NCCc1cnn(-c2ccccc2)c1. The summed E-state index contributed by atoms with van der Waals surface area (Å²) in [5, 5.41) is 10.0. The normalized spacial score (nSPS) is 10.3. The van der Waals surface area contributed by atoms with Gasteiger partial charge in [-0.1, -0.05) is 31.5 Å². The Bertz CT molecular complexity index is 550. The third-order valence-corrected chi connectivity index (χ3v) is 3.17. The first-order valence-electron chi connectivity index (χ1n) is 7.40. The topological polar surface area (TPSA) is 59.0 Å². The molecule has 1 aromatic carbocycles. The highest BCUT2D eigenvalue weighted by Gasteiger charge is 2.02.